The van der Waals surface area contributed by atoms with Crippen LogP contribution in [0.25, 0.3) is 16.4 Å². The maximum atomic E-state index is 12.9. The zero-order chi connectivity index (χ0) is 18.6. The van der Waals surface area contributed by atoms with E-state index in [1.807, 2.05) is 59.4 Å². The van der Waals surface area contributed by atoms with Crippen molar-refractivity contribution in [1.29, 1.82) is 0 Å². The van der Waals surface area contributed by atoms with Crippen LogP contribution < -0.4 is 10.1 Å². The van der Waals surface area contributed by atoms with Gasteiger partial charge in [-0.25, -0.2) is 9.97 Å². The Labute approximate surface area is 160 Å². The number of methoxy groups -OCH3 is 1. The standard InChI is InChI=1S/C20H16N4O2S/c1-26-15-9-7-14(8-10-15)17-18(19(25)22-16-6-2-3-11-21-16)27-20(23-17)24-12-4-5-13-24/h2-13H,1H3,(H,21,22,25). The SMILES string of the molecule is COc1ccc(-c2nc(-n3cccc3)sc2C(=O)Nc2ccccn2)cc1. The Hall–Kier alpha value is -3.45. The maximum Gasteiger partial charge on any atom is 0.269 e. The van der Waals surface area contributed by atoms with Gasteiger partial charge in [0.25, 0.3) is 5.91 Å². The van der Waals surface area contributed by atoms with Gasteiger partial charge in [-0.05, 0) is 48.5 Å². The number of hydrogen-bond donors (Lipinski definition) is 1. The van der Waals surface area contributed by atoms with Gasteiger partial charge in [0.2, 0.25) is 0 Å². The van der Waals surface area contributed by atoms with Crippen LogP contribution in [0.1, 0.15) is 9.67 Å². The van der Waals surface area contributed by atoms with Crippen LogP contribution in [0.3, 0.4) is 0 Å². The molecule has 1 amide bonds. The Morgan fingerprint density at radius 2 is 1.85 bits per heavy atom. The van der Waals surface area contributed by atoms with E-state index in [0.717, 1.165) is 16.4 Å². The molecule has 4 aromatic rings. The number of aromatic nitrogens is 3. The smallest absolute Gasteiger partial charge is 0.269 e. The number of anilines is 1. The summed E-state index contributed by atoms with van der Waals surface area (Å²) in [6.07, 6.45) is 5.44. The van der Waals surface area contributed by atoms with Crippen LogP contribution in [0.5, 0.6) is 5.75 Å². The largest absolute Gasteiger partial charge is 0.497 e. The molecular formula is C20H16N4O2S. The molecule has 0 saturated carbocycles. The minimum atomic E-state index is -0.240. The second kappa shape index (κ2) is 7.43. The molecule has 3 heterocycles. The van der Waals surface area contributed by atoms with E-state index in [1.165, 1.54) is 11.3 Å². The fourth-order valence-electron chi connectivity index (χ4n) is 2.59. The maximum absolute atomic E-state index is 12.9. The lowest BCUT2D eigenvalue weighted by atomic mass is 10.1. The van der Waals surface area contributed by atoms with Gasteiger partial charge in [-0.2, -0.15) is 0 Å². The second-order valence-corrected chi connectivity index (χ2v) is 6.64. The van der Waals surface area contributed by atoms with Gasteiger partial charge in [0.15, 0.2) is 5.13 Å². The molecule has 0 radical (unpaired) electrons. The van der Waals surface area contributed by atoms with Gasteiger partial charge in [0.05, 0.1) is 12.8 Å². The van der Waals surface area contributed by atoms with Crippen molar-refractivity contribution < 1.29 is 9.53 Å². The Kier molecular flexibility index (Phi) is 4.67. The van der Waals surface area contributed by atoms with E-state index < -0.39 is 0 Å². The lowest BCUT2D eigenvalue weighted by Crippen LogP contribution is -2.12. The number of ether oxygens (including phenoxy) is 1. The minimum absolute atomic E-state index is 0.240. The summed E-state index contributed by atoms with van der Waals surface area (Å²) in [5.41, 5.74) is 1.47. The predicted octanol–water partition coefficient (Wildman–Crippen LogP) is 4.26. The summed E-state index contributed by atoms with van der Waals surface area (Å²) >= 11 is 1.33. The van der Waals surface area contributed by atoms with Crippen LogP contribution in [0, 0.1) is 0 Å². The van der Waals surface area contributed by atoms with Crippen molar-refractivity contribution in [3.8, 4) is 22.1 Å². The molecule has 0 bridgehead atoms. The highest BCUT2D eigenvalue weighted by atomic mass is 32.1. The number of pyridine rings is 1. The lowest BCUT2D eigenvalue weighted by molar-refractivity contribution is 0.103. The molecule has 3 aromatic heterocycles. The van der Waals surface area contributed by atoms with Crippen LogP contribution >= 0.6 is 11.3 Å². The van der Waals surface area contributed by atoms with Crippen LogP contribution in [0.2, 0.25) is 0 Å². The van der Waals surface area contributed by atoms with E-state index in [4.69, 9.17) is 9.72 Å². The first-order chi connectivity index (χ1) is 13.2. The number of carbonyl (C=O) groups excluding carboxylic acids is 1. The molecule has 1 aromatic carbocycles. The first-order valence-electron chi connectivity index (χ1n) is 8.25. The fraction of sp³-hybridized carbons (Fsp3) is 0.0500. The summed E-state index contributed by atoms with van der Waals surface area (Å²) < 4.78 is 7.10. The molecular weight excluding hydrogens is 360 g/mol. The van der Waals surface area contributed by atoms with E-state index >= 15 is 0 Å². The van der Waals surface area contributed by atoms with E-state index in [9.17, 15) is 4.79 Å². The molecule has 134 valence electrons. The van der Waals surface area contributed by atoms with Crippen molar-refractivity contribution in [1.82, 2.24) is 14.5 Å². The van der Waals surface area contributed by atoms with E-state index in [-0.39, 0.29) is 5.91 Å². The van der Waals surface area contributed by atoms with Gasteiger partial charge >= 0.3 is 0 Å². The van der Waals surface area contributed by atoms with Gasteiger partial charge in [-0.15, -0.1) is 0 Å². The van der Waals surface area contributed by atoms with Crippen LogP contribution in [0.4, 0.5) is 5.82 Å². The number of benzene rings is 1. The highest BCUT2D eigenvalue weighted by Gasteiger charge is 2.20. The summed E-state index contributed by atoms with van der Waals surface area (Å²) in [7, 11) is 1.62. The number of carbonyl (C=O) groups is 1. The molecule has 0 aliphatic carbocycles. The average Bonchev–Trinajstić information content (AvgIpc) is 3.39. The van der Waals surface area contributed by atoms with Crippen LogP contribution in [-0.4, -0.2) is 27.6 Å². The van der Waals surface area contributed by atoms with E-state index in [2.05, 4.69) is 10.3 Å². The van der Waals surface area contributed by atoms with Gasteiger partial charge in [0.1, 0.15) is 16.4 Å². The van der Waals surface area contributed by atoms with Gasteiger partial charge < -0.3 is 14.6 Å². The molecule has 6 nitrogen and oxygen atoms in total. The number of hydrogen-bond acceptors (Lipinski definition) is 5. The van der Waals surface area contributed by atoms with Gasteiger partial charge in [-0.1, -0.05) is 17.4 Å². The third kappa shape index (κ3) is 3.58. The summed E-state index contributed by atoms with van der Waals surface area (Å²) in [4.78, 5) is 22.3. The Bertz CT molecular complexity index is 1040. The van der Waals surface area contributed by atoms with Crippen LogP contribution in [0.15, 0.2) is 73.2 Å². The zero-order valence-electron chi connectivity index (χ0n) is 14.5. The molecule has 4 rings (SSSR count). The first-order valence-corrected chi connectivity index (χ1v) is 9.07. The number of nitrogens with one attached hydrogen (secondary N) is 1. The molecule has 0 aliphatic rings. The van der Waals surface area contributed by atoms with Gasteiger partial charge in [0, 0.05) is 24.2 Å². The van der Waals surface area contributed by atoms with Crippen LogP contribution in [-0.2, 0) is 0 Å². The van der Waals surface area contributed by atoms with Crippen molar-refractivity contribution in [3.05, 3.63) is 78.1 Å². The predicted molar refractivity (Wildman–Crippen MR) is 106 cm³/mol. The molecule has 0 unspecified atom stereocenters. The average molecular weight is 376 g/mol. The Balaban J connectivity index is 1.75. The highest BCUT2D eigenvalue weighted by molar-refractivity contribution is 7.16. The van der Waals surface area contributed by atoms with Crippen molar-refractivity contribution in [2.45, 2.75) is 0 Å². The molecule has 0 aliphatic heterocycles. The van der Waals surface area contributed by atoms with Gasteiger partial charge in [-0.3, -0.25) is 4.79 Å². The Morgan fingerprint density at radius 1 is 1.07 bits per heavy atom. The molecule has 0 saturated heterocycles. The number of amides is 1. The van der Waals surface area contributed by atoms with E-state index in [1.54, 1.807) is 25.4 Å². The lowest BCUT2D eigenvalue weighted by Gasteiger charge is -2.05. The highest BCUT2D eigenvalue weighted by Crippen LogP contribution is 2.32. The fourth-order valence-corrected chi connectivity index (χ4v) is 3.54. The third-order valence-electron chi connectivity index (χ3n) is 3.92. The summed E-state index contributed by atoms with van der Waals surface area (Å²) in [6, 6.07) is 16.7. The molecule has 1 N–H and O–H groups in total. The molecule has 0 spiro atoms. The quantitative estimate of drug-likeness (QED) is 0.565. The van der Waals surface area contributed by atoms with Crippen molar-refractivity contribution in [2.24, 2.45) is 0 Å². The summed E-state index contributed by atoms with van der Waals surface area (Å²) in [5, 5.41) is 3.56. The third-order valence-corrected chi connectivity index (χ3v) is 4.98. The number of thiazole rings is 1. The van der Waals surface area contributed by atoms with E-state index in [0.29, 0.717) is 16.4 Å². The normalized spacial score (nSPS) is 10.6. The summed E-state index contributed by atoms with van der Waals surface area (Å²) in [5.74, 6) is 1.01. The molecule has 0 atom stereocenters. The minimum Gasteiger partial charge on any atom is -0.497 e. The topological polar surface area (TPSA) is 69.0 Å². The Morgan fingerprint density at radius 3 is 2.52 bits per heavy atom. The van der Waals surface area contributed by atoms with Crippen molar-refractivity contribution in [2.75, 3.05) is 12.4 Å². The second-order valence-electron chi connectivity index (χ2n) is 5.66. The summed E-state index contributed by atoms with van der Waals surface area (Å²) in [6.45, 7) is 0. The zero-order valence-corrected chi connectivity index (χ0v) is 15.3. The molecule has 7 heteroatoms. The molecule has 0 fully saturated rings. The molecule has 27 heavy (non-hydrogen) atoms. The number of rotatable bonds is 5. The first kappa shape index (κ1) is 17.0. The monoisotopic (exact) mass is 376 g/mol. The van der Waals surface area contributed by atoms with Crippen molar-refractivity contribution in [3.63, 3.8) is 0 Å². The number of nitrogens with zero attached hydrogens (tertiary/aromatic N) is 3. The van der Waals surface area contributed by atoms with Crippen molar-refractivity contribution >= 4 is 23.1 Å².